The molecule has 5 heteroatoms. The van der Waals surface area contributed by atoms with Gasteiger partial charge in [-0.3, -0.25) is 0 Å². The van der Waals surface area contributed by atoms with Crippen LogP contribution in [-0.4, -0.2) is 13.0 Å². The predicted molar refractivity (Wildman–Crippen MR) is 54.2 cm³/mol. The largest absolute Gasteiger partial charge is 0.416 e. The van der Waals surface area contributed by atoms with Crippen molar-refractivity contribution in [3.05, 3.63) is 35.4 Å². The van der Waals surface area contributed by atoms with Crippen molar-refractivity contribution in [2.45, 2.75) is 25.0 Å². The molecule has 1 unspecified atom stereocenters. The molecule has 1 atom stereocenters. The van der Waals surface area contributed by atoms with E-state index in [0.717, 1.165) is 12.1 Å². The Labute approximate surface area is 87.3 Å². The Morgan fingerprint density at radius 2 is 1.80 bits per heavy atom. The van der Waals surface area contributed by atoms with Gasteiger partial charge in [-0.15, -0.1) is 0 Å². The van der Waals surface area contributed by atoms with Crippen molar-refractivity contribution in [3.8, 4) is 0 Å². The van der Waals surface area contributed by atoms with Gasteiger partial charge in [0.05, 0.1) is 11.1 Å². The molecule has 0 aliphatic heterocycles. The molecule has 1 rings (SSSR count). The fourth-order valence-electron chi connectivity index (χ4n) is 1.23. The number of aliphatic hydroxyl groups is 1. The summed E-state index contributed by atoms with van der Waals surface area (Å²) < 4.78 is 37.1. The van der Waals surface area contributed by atoms with Crippen molar-refractivity contribution in [1.29, 1.82) is 0 Å². The number of halogens is 3. The van der Waals surface area contributed by atoms with Crippen LogP contribution in [0.25, 0.3) is 0 Å². The lowest BCUT2D eigenvalue weighted by atomic mass is 9.73. The van der Waals surface area contributed by atoms with Gasteiger partial charge >= 0.3 is 6.18 Å². The van der Waals surface area contributed by atoms with Crippen LogP contribution in [-0.2, 0) is 11.7 Å². The van der Waals surface area contributed by atoms with E-state index in [1.807, 2.05) is 0 Å². The Morgan fingerprint density at radius 1 is 1.27 bits per heavy atom. The summed E-state index contributed by atoms with van der Waals surface area (Å²) >= 11 is 0. The molecule has 1 N–H and O–H groups in total. The minimum Gasteiger partial charge on any atom is -0.395 e. The highest BCUT2D eigenvalue weighted by molar-refractivity contribution is 6.14. The maximum atomic E-state index is 12.4. The zero-order valence-corrected chi connectivity index (χ0v) is 8.60. The molecule has 1 aromatic carbocycles. The van der Waals surface area contributed by atoms with Crippen LogP contribution in [0.4, 0.5) is 13.2 Å². The summed E-state index contributed by atoms with van der Waals surface area (Å²) in [7, 11) is 1.50. The van der Waals surface area contributed by atoms with Gasteiger partial charge in [-0.1, -0.05) is 19.1 Å². The van der Waals surface area contributed by atoms with Gasteiger partial charge in [0.2, 0.25) is 0 Å². The Balaban J connectivity index is 3.14. The third-order valence-corrected chi connectivity index (χ3v) is 2.50. The number of benzene rings is 1. The fourth-order valence-corrected chi connectivity index (χ4v) is 1.23. The number of alkyl halides is 3. The molecule has 0 aliphatic carbocycles. The Morgan fingerprint density at radius 3 is 2.27 bits per heavy atom. The van der Waals surface area contributed by atoms with E-state index < -0.39 is 17.2 Å². The highest BCUT2D eigenvalue weighted by Gasteiger charge is 2.32. The minimum atomic E-state index is -4.36. The van der Waals surface area contributed by atoms with Crippen molar-refractivity contribution in [2.24, 2.45) is 0 Å². The topological polar surface area (TPSA) is 20.2 Å². The fraction of sp³-hybridized carbons (Fsp3) is 0.400. The van der Waals surface area contributed by atoms with Gasteiger partial charge in [-0.05, 0) is 24.1 Å². The summed E-state index contributed by atoms with van der Waals surface area (Å²) in [6.07, 6.45) is -3.99. The molecule has 0 saturated carbocycles. The van der Waals surface area contributed by atoms with Gasteiger partial charge in [0.25, 0.3) is 0 Å². The lowest BCUT2D eigenvalue weighted by Crippen LogP contribution is -2.25. The predicted octanol–water partition coefficient (Wildman–Crippen LogP) is 1.89. The van der Waals surface area contributed by atoms with Crippen LogP contribution < -0.4 is 0 Å². The monoisotopic (exact) mass is 216 g/mol. The van der Waals surface area contributed by atoms with E-state index in [-0.39, 0.29) is 0 Å². The van der Waals surface area contributed by atoms with Crippen molar-refractivity contribution >= 4 is 7.85 Å². The van der Waals surface area contributed by atoms with E-state index >= 15 is 0 Å². The van der Waals surface area contributed by atoms with Crippen LogP contribution >= 0.6 is 0 Å². The van der Waals surface area contributed by atoms with Crippen molar-refractivity contribution in [1.82, 2.24) is 0 Å². The standard InChI is InChI=1S/C10H12BF3O/c1-2-9(11,15)7-4-3-5-8(6-7)10(12,13)14/h3-6,15H,2,11H2,1H3. The molecule has 0 saturated heterocycles. The van der Waals surface area contributed by atoms with Crippen molar-refractivity contribution < 1.29 is 18.3 Å². The smallest absolute Gasteiger partial charge is 0.395 e. The SMILES string of the molecule is BC(O)(CC)c1cccc(C(F)(F)F)c1. The maximum absolute atomic E-state index is 12.4. The van der Waals surface area contributed by atoms with E-state index in [0.29, 0.717) is 12.0 Å². The first-order chi connectivity index (χ1) is 6.77. The van der Waals surface area contributed by atoms with Crippen LogP contribution in [0.15, 0.2) is 24.3 Å². The van der Waals surface area contributed by atoms with Gasteiger partial charge in [-0.25, -0.2) is 0 Å². The van der Waals surface area contributed by atoms with E-state index in [1.165, 1.54) is 20.0 Å². The second kappa shape index (κ2) is 3.89. The summed E-state index contributed by atoms with van der Waals surface area (Å²) in [5, 5.41) is 9.82. The third-order valence-electron chi connectivity index (χ3n) is 2.50. The summed E-state index contributed by atoms with van der Waals surface area (Å²) in [4.78, 5) is 0. The Kier molecular flexibility index (Phi) is 3.14. The minimum absolute atomic E-state index is 0.292. The molecule has 0 aromatic heterocycles. The van der Waals surface area contributed by atoms with Crippen LogP contribution in [0.3, 0.4) is 0 Å². The van der Waals surface area contributed by atoms with Gasteiger partial charge in [-0.2, -0.15) is 13.2 Å². The van der Waals surface area contributed by atoms with Gasteiger partial charge in [0.15, 0.2) is 0 Å². The zero-order valence-electron chi connectivity index (χ0n) is 8.60. The lowest BCUT2D eigenvalue weighted by molar-refractivity contribution is -0.137. The van der Waals surface area contributed by atoms with Crippen LogP contribution in [0.2, 0.25) is 0 Å². The van der Waals surface area contributed by atoms with Gasteiger partial charge in [0, 0.05) is 0 Å². The second-order valence-corrected chi connectivity index (χ2v) is 3.71. The molecule has 0 amide bonds. The average Bonchev–Trinajstić information content (AvgIpc) is 2.17. The Hall–Kier alpha value is -0.965. The van der Waals surface area contributed by atoms with Crippen LogP contribution in [0, 0.1) is 0 Å². The van der Waals surface area contributed by atoms with E-state index in [1.54, 1.807) is 6.92 Å². The van der Waals surface area contributed by atoms with Crippen molar-refractivity contribution in [3.63, 3.8) is 0 Å². The highest BCUT2D eigenvalue weighted by Crippen LogP contribution is 2.32. The van der Waals surface area contributed by atoms with E-state index in [2.05, 4.69) is 0 Å². The molecular formula is C10H12BF3O. The van der Waals surface area contributed by atoms with Gasteiger partial charge in [0.1, 0.15) is 7.85 Å². The molecule has 1 aromatic rings. The summed E-state index contributed by atoms with van der Waals surface area (Å²) in [5.74, 6) is 0. The Bertz CT molecular complexity index is 347. The third kappa shape index (κ3) is 2.75. The number of rotatable bonds is 2. The van der Waals surface area contributed by atoms with E-state index in [4.69, 9.17) is 0 Å². The second-order valence-electron chi connectivity index (χ2n) is 3.71. The molecule has 15 heavy (non-hydrogen) atoms. The van der Waals surface area contributed by atoms with Crippen LogP contribution in [0.1, 0.15) is 24.5 Å². The molecule has 0 heterocycles. The molecule has 0 spiro atoms. The zero-order chi connectivity index (χ0) is 11.7. The summed E-state index contributed by atoms with van der Waals surface area (Å²) in [5.41, 5.74) is -1.64. The molecule has 0 aliphatic rings. The first-order valence-electron chi connectivity index (χ1n) is 4.67. The molecule has 0 bridgehead atoms. The number of hydrogen-bond donors (Lipinski definition) is 1. The first kappa shape index (κ1) is 12.1. The normalized spacial score (nSPS) is 16.1. The van der Waals surface area contributed by atoms with Crippen LogP contribution in [0.5, 0.6) is 0 Å². The molecule has 0 radical (unpaired) electrons. The molecular weight excluding hydrogens is 204 g/mol. The maximum Gasteiger partial charge on any atom is 0.416 e. The van der Waals surface area contributed by atoms with Crippen molar-refractivity contribution in [2.75, 3.05) is 0 Å². The van der Waals surface area contributed by atoms with E-state index in [9.17, 15) is 18.3 Å². The molecule has 82 valence electrons. The highest BCUT2D eigenvalue weighted by atomic mass is 19.4. The summed E-state index contributed by atoms with van der Waals surface area (Å²) in [6, 6.07) is 4.79. The quantitative estimate of drug-likeness (QED) is 0.748. The van der Waals surface area contributed by atoms with Gasteiger partial charge < -0.3 is 5.11 Å². The average molecular weight is 216 g/mol. The molecule has 0 fully saturated rings. The lowest BCUT2D eigenvalue weighted by Gasteiger charge is -2.23. The molecule has 1 nitrogen and oxygen atoms in total. The number of hydrogen-bond acceptors (Lipinski definition) is 1. The summed E-state index contributed by atoms with van der Waals surface area (Å²) in [6.45, 7) is 1.72. The first-order valence-corrected chi connectivity index (χ1v) is 4.67.